The van der Waals surface area contributed by atoms with Gasteiger partial charge in [-0.05, 0) is 42.0 Å². The summed E-state index contributed by atoms with van der Waals surface area (Å²) in [6.45, 7) is 0. The van der Waals surface area contributed by atoms with Crippen molar-refractivity contribution < 1.29 is 28.5 Å². The number of hydrogen-bond donors (Lipinski definition) is 0. The van der Waals surface area contributed by atoms with E-state index < -0.39 is 0 Å². The zero-order chi connectivity index (χ0) is 19.5. The summed E-state index contributed by atoms with van der Waals surface area (Å²) in [7, 11) is 0. The van der Waals surface area contributed by atoms with E-state index in [9.17, 15) is 0 Å². The highest BCUT2D eigenvalue weighted by Gasteiger charge is 2.24. The maximum Gasteiger partial charge on any atom is 0.267 e. The third kappa shape index (κ3) is 3.76. The van der Waals surface area contributed by atoms with E-state index in [2.05, 4.69) is 67.7 Å². The monoisotopic (exact) mass is 502 g/mol. The van der Waals surface area contributed by atoms with Gasteiger partial charge in [-0.1, -0.05) is 54.6 Å². The molecule has 3 aromatic heterocycles. The summed E-state index contributed by atoms with van der Waals surface area (Å²) in [5, 5.41) is 0. The van der Waals surface area contributed by atoms with Crippen molar-refractivity contribution in [1.29, 1.82) is 0 Å². The molecule has 0 saturated carbocycles. The summed E-state index contributed by atoms with van der Waals surface area (Å²) in [4.78, 5) is 9.23. The van der Waals surface area contributed by atoms with Gasteiger partial charge >= 0.3 is 0 Å². The number of pyridine rings is 2. The molecule has 5 rings (SSSR count). The second-order valence-corrected chi connectivity index (χ2v) is 6.64. The van der Waals surface area contributed by atoms with Crippen LogP contribution in [0.15, 0.2) is 103 Å². The van der Waals surface area contributed by atoms with Crippen molar-refractivity contribution in [2.24, 2.45) is 0 Å². The summed E-state index contributed by atoms with van der Waals surface area (Å²) in [5.74, 6) is 2.71. The van der Waals surface area contributed by atoms with Crippen LogP contribution in [0.1, 0.15) is 11.4 Å². The number of fused-ring (bicyclic) bond motifs is 1. The highest BCUT2D eigenvalue weighted by Crippen LogP contribution is 2.22. The molecule has 0 atom stereocenters. The molecule has 4 nitrogen and oxygen atoms in total. The quantitative estimate of drug-likeness (QED) is 0.278. The molecule has 0 radical (unpaired) electrons. The van der Waals surface area contributed by atoms with Crippen molar-refractivity contribution >= 4 is 23.2 Å². The van der Waals surface area contributed by atoms with Gasteiger partial charge in [0.1, 0.15) is 17.2 Å². The summed E-state index contributed by atoms with van der Waals surface area (Å²) in [6.07, 6.45) is 7.88. The second-order valence-electron chi connectivity index (χ2n) is 6.64. The van der Waals surface area contributed by atoms with Crippen LogP contribution in [-0.4, -0.2) is 14.5 Å². The van der Waals surface area contributed by atoms with E-state index in [0.717, 1.165) is 34.1 Å². The van der Waals surface area contributed by atoms with E-state index >= 15 is 0 Å². The van der Waals surface area contributed by atoms with Gasteiger partial charge in [-0.2, -0.15) is 4.57 Å². The molecule has 146 valence electrons. The van der Waals surface area contributed by atoms with Gasteiger partial charge in [-0.25, -0.2) is 9.55 Å². The zero-order valence-corrected chi connectivity index (χ0v) is 18.3. The Bertz CT molecular complexity index is 1200. The zero-order valence-electron chi connectivity index (χ0n) is 16.1. The van der Waals surface area contributed by atoms with Crippen LogP contribution in [0.2, 0.25) is 0 Å². The number of halogens is 1. The Morgan fingerprint density at radius 1 is 0.667 bits per heavy atom. The summed E-state index contributed by atoms with van der Waals surface area (Å²) in [5.41, 5.74) is 3.28. The number of hydrogen-bond acceptors (Lipinski definition) is 2. The van der Waals surface area contributed by atoms with Crippen molar-refractivity contribution in [3.8, 4) is 11.6 Å². The van der Waals surface area contributed by atoms with E-state index in [0.29, 0.717) is 0 Å². The number of benzene rings is 2. The number of imidazole rings is 1. The van der Waals surface area contributed by atoms with Crippen LogP contribution in [0.4, 0.5) is 0 Å². The fourth-order valence-electron chi connectivity index (χ4n) is 3.53. The number of nitrogens with zero attached hydrogens (tertiary/aromatic N) is 4. The minimum Gasteiger partial charge on any atom is -1.00 e. The maximum absolute atomic E-state index is 4.62. The molecule has 2 aromatic carbocycles. The van der Waals surface area contributed by atoms with E-state index in [4.69, 9.17) is 0 Å². The van der Waals surface area contributed by atoms with E-state index in [1.807, 2.05) is 67.0 Å². The van der Waals surface area contributed by atoms with Crippen LogP contribution in [-0.2, 0) is 0 Å². The van der Waals surface area contributed by atoms with Crippen LogP contribution >= 0.6 is 0 Å². The van der Waals surface area contributed by atoms with Crippen LogP contribution < -0.4 is 28.5 Å². The largest absolute Gasteiger partial charge is 1.00 e. The first-order valence-corrected chi connectivity index (χ1v) is 9.53. The van der Waals surface area contributed by atoms with Crippen LogP contribution in [0.5, 0.6) is 0 Å². The molecule has 30 heavy (non-hydrogen) atoms. The van der Waals surface area contributed by atoms with E-state index in [1.165, 1.54) is 0 Å². The maximum atomic E-state index is 4.62. The number of para-hydroxylation sites is 2. The molecule has 0 fully saturated rings. The molecule has 0 spiro atoms. The van der Waals surface area contributed by atoms with Crippen molar-refractivity contribution in [2.45, 2.75) is 0 Å². The first-order valence-electron chi connectivity index (χ1n) is 9.53. The SMILES string of the molecule is C(=C\c1n(-c2ccccn2)c2ccccc2[n+]1-c1ccccn1)/c1ccccc1.[I-]. The Morgan fingerprint density at radius 2 is 1.37 bits per heavy atom. The highest BCUT2D eigenvalue weighted by atomic mass is 127. The Kier molecular flexibility index (Phi) is 5.99. The van der Waals surface area contributed by atoms with Gasteiger partial charge in [0.25, 0.3) is 5.82 Å². The average molecular weight is 502 g/mol. The highest BCUT2D eigenvalue weighted by molar-refractivity contribution is 5.78. The number of rotatable bonds is 4. The molecular weight excluding hydrogens is 483 g/mol. The average Bonchev–Trinajstić information content (AvgIpc) is 3.13. The van der Waals surface area contributed by atoms with Gasteiger partial charge in [0.2, 0.25) is 5.82 Å². The van der Waals surface area contributed by atoms with Crippen molar-refractivity contribution in [3.05, 3.63) is 115 Å². The van der Waals surface area contributed by atoms with Crippen molar-refractivity contribution in [2.75, 3.05) is 0 Å². The topological polar surface area (TPSA) is 34.6 Å². The summed E-state index contributed by atoms with van der Waals surface area (Å²) < 4.78 is 4.34. The molecule has 3 heterocycles. The lowest BCUT2D eigenvalue weighted by molar-refractivity contribution is -0.574. The molecule has 0 aliphatic carbocycles. The van der Waals surface area contributed by atoms with Crippen LogP contribution in [0.3, 0.4) is 0 Å². The first kappa shape index (κ1) is 20.0. The molecule has 5 aromatic rings. The minimum absolute atomic E-state index is 0. The molecular formula is C25H19IN4. The van der Waals surface area contributed by atoms with Crippen LogP contribution in [0.25, 0.3) is 34.8 Å². The molecule has 0 saturated heterocycles. The molecule has 0 N–H and O–H groups in total. The Hall–Kier alpha value is -3.32. The Morgan fingerprint density at radius 3 is 2.10 bits per heavy atom. The lowest BCUT2D eigenvalue weighted by atomic mass is 10.2. The molecule has 0 amide bonds. The first-order chi connectivity index (χ1) is 14.4. The fourth-order valence-corrected chi connectivity index (χ4v) is 3.53. The third-order valence-corrected chi connectivity index (χ3v) is 4.80. The Labute approximate surface area is 192 Å². The predicted molar refractivity (Wildman–Crippen MR) is 116 cm³/mol. The van der Waals surface area contributed by atoms with Gasteiger partial charge in [0.05, 0.1) is 0 Å². The summed E-state index contributed by atoms with van der Waals surface area (Å²) >= 11 is 0. The fraction of sp³-hybridized carbons (Fsp3) is 0. The lowest BCUT2D eigenvalue weighted by Crippen LogP contribution is -3.00. The van der Waals surface area contributed by atoms with Gasteiger partial charge in [-0.15, -0.1) is 4.98 Å². The van der Waals surface area contributed by atoms with Crippen molar-refractivity contribution in [1.82, 2.24) is 14.5 Å². The second kappa shape index (κ2) is 9.00. The normalized spacial score (nSPS) is 10.9. The smallest absolute Gasteiger partial charge is 0.267 e. The third-order valence-electron chi connectivity index (χ3n) is 4.80. The predicted octanol–water partition coefficient (Wildman–Crippen LogP) is 1.87. The molecule has 0 bridgehead atoms. The lowest BCUT2D eigenvalue weighted by Gasteiger charge is -2.03. The number of aromatic nitrogens is 4. The van der Waals surface area contributed by atoms with Crippen LogP contribution in [0, 0.1) is 0 Å². The molecule has 0 aliphatic heterocycles. The minimum atomic E-state index is 0. The van der Waals surface area contributed by atoms with E-state index in [-0.39, 0.29) is 24.0 Å². The van der Waals surface area contributed by atoms with Gasteiger partial charge in [0, 0.05) is 18.3 Å². The van der Waals surface area contributed by atoms with Crippen molar-refractivity contribution in [3.63, 3.8) is 0 Å². The van der Waals surface area contributed by atoms with E-state index in [1.54, 1.807) is 0 Å². The molecule has 0 unspecified atom stereocenters. The summed E-state index contributed by atoms with van der Waals surface area (Å²) in [6, 6.07) is 30.5. The van der Waals surface area contributed by atoms with Gasteiger partial charge in [-0.3, -0.25) is 0 Å². The molecule has 0 aliphatic rings. The standard InChI is InChI=1S/C25H19N4.HI/c1-2-10-20(11-3-1)16-17-25-28(23-14-6-8-18-26-23)21-12-4-5-13-22(21)29(25)24-15-7-9-19-27-24;/h1-19H;1H/q+1;/p-1/b17-16+;. The molecule has 5 heteroatoms. The Balaban J connectivity index is 0.00000218. The van der Waals surface area contributed by atoms with Gasteiger partial charge < -0.3 is 24.0 Å². The van der Waals surface area contributed by atoms with Gasteiger partial charge in [0.15, 0.2) is 5.82 Å².